The molecular weight excluding hydrogens is 327 g/mol. The van der Waals surface area contributed by atoms with Crippen LogP contribution in [0.4, 0.5) is 8.78 Å². The van der Waals surface area contributed by atoms with Crippen molar-refractivity contribution in [1.82, 2.24) is 15.0 Å². The maximum Gasteiger partial charge on any atom is 0.151 e. The molecule has 3 nitrogen and oxygen atoms in total. The van der Waals surface area contributed by atoms with Gasteiger partial charge in [0.15, 0.2) is 5.82 Å². The third-order valence-electron chi connectivity index (χ3n) is 2.34. The fraction of sp³-hybridized carbons (Fsp3) is 0.273. The van der Waals surface area contributed by atoms with Crippen molar-refractivity contribution < 1.29 is 8.78 Å². The molecule has 0 saturated heterocycles. The first-order valence-electron chi connectivity index (χ1n) is 5.24. The molecule has 2 rings (SSSR count). The summed E-state index contributed by atoms with van der Waals surface area (Å²) in [5.74, 6) is -0.813. The van der Waals surface area contributed by atoms with Crippen LogP contribution in [0.1, 0.15) is 12.1 Å². The molecule has 0 saturated carbocycles. The van der Waals surface area contributed by atoms with Crippen molar-refractivity contribution in [3.63, 3.8) is 0 Å². The molecule has 2 aromatic rings. The lowest BCUT2D eigenvalue weighted by Gasteiger charge is -2.03. The van der Waals surface area contributed by atoms with Crippen molar-refractivity contribution in [1.29, 1.82) is 0 Å². The molecular formula is C11H9BrClF2N3. The second-order valence-corrected chi connectivity index (χ2v) is 4.90. The topological polar surface area (TPSA) is 30.7 Å². The van der Waals surface area contributed by atoms with E-state index in [0.29, 0.717) is 12.3 Å². The predicted molar refractivity (Wildman–Crippen MR) is 68.0 cm³/mol. The number of hydrogen-bond acceptors (Lipinski definition) is 2. The molecule has 0 aliphatic carbocycles. The van der Waals surface area contributed by atoms with Gasteiger partial charge in [0.2, 0.25) is 0 Å². The fourth-order valence-electron chi connectivity index (χ4n) is 1.47. The molecule has 1 aromatic heterocycles. The van der Waals surface area contributed by atoms with Crippen LogP contribution in [0, 0.1) is 11.6 Å². The summed E-state index contributed by atoms with van der Waals surface area (Å²) in [5, 5.41) is 7.71. The standard InChI is InChI=1S/C11H9BrClF2N3/c12-8-4-11(10(15)5-9(8)14)18-6-7(16-17-18)2-1-3-13/h4-6H,1-3H2. The normalized spacial score (nSPS) is 10.9. The van der Waals surface area contributed by atoms with Crippen LogP contribution in [0.2, 0.25) is 0 Å². The zero-order valence-corrected chi connectivity index (χ0v) is 11.5. The van der Waals surface area contributed by atoms with Gasteiger partial charge in [-0.1, -0.05) is 5.21 Å². The Hall–Kier alpha value is -1.01. The van der Waals surface area contributed by atoms with E-state index in [1.807, 2.05) is 0 Å². The molecule has 1 aromatic carbocycles. The van der Waals surface area contributed by atoms with Gasteiger partial charge in [-0.2, -0.15) is 0 Å². The van der Waals surface area contributed by atoms with Crippen LogP contribution in [0.15, 0.2) is 22.8 Å². The number of alkyl halides is 1. The minimum absolute atomic E-state index is 0.146. The van der Waals surface area contributed by atoms with Gasteiger partial charge in [-0.3, -0.25) is 0 Å². The highest BCUT2D eigenvalue weighted by atomic mass is 79.9. The lowest BCUT2D eigenvalue weighted by molar-refractivity contribution is 0.568. The Morgan fingerprint density at radius 3 is 2.78 bits per heavy atom. The van der Waals surface area contributed by atoms with Crippen molar-refractivity contribution in [3.05, 3.63) is 40.1 Å². The maximum absolute atomic E-state index is 13.6. The molecule has 0 spiro atoms. The monoisotopic (exact) mass is 335 g/mol. The minimum Gasteiger partial charge on any atom is -0.217 e. The van der Waals surface area contributed by atoms with E-state index < -0.39 is 11.6 Å². The number of nitrogens with zero attached hydrogens (tertiary/aromatic N) is 3. The number of aromatic nitrogens is 3. The third kappa shape index (κ3) is 2.87. The van der Waals surface area contributed by atoms with Gasteiger partial charge in [0.05, 0.1) is 16.4 Å². The van der Waals surface area contributed by atoms with Crippen LogP contribution in [0.3, 0.4) is 0 Å². The van der Waals surface area contributed by atoms with Crippen LogP contribution in [0.5, 0.6) is 0 Å². The summed E-state index contributed by atoms with van der Waals surface area (Å²) in [4.78, 5) is 0. The smallest absolute Gasteiger partial charge is 0.151 e. The largest absolute Gasteiger partial charge is 0.217 e. The number of rotatable bonds is 4. The van der Waals surface area contributed by atoms with Crippen LogP contribution < -0.4 is 0 Å². The Kier molecular flexibility index (Phi) is 4.29. The van der Waals surface area contributed by atoms with Crippen LogP contribution in [-0.2, 0) is 6.42 Å². The lowest BCUT2D eigenvalue weighted by Crippen LogP contribution is -2.00. The Labute approximate surface area is 116 Å². The van der Waals surface area contributed by atoms with Gasteiger partial charge in [0.25, 0.3) is 0 Å². The Morgan fingerprint density at radius 1 is 1.28 bits per heavy atom. The van der Waals surface area contributed by atoms with E-state index in [1.165, 1.54) is 10.7 Å². The Morgan fingerprint density at radius 2 is 2.06 bits per heavy atom. The van der Waals surface area contributed by atoms with Gasteiger partial charge in [0, 0.05) is 11.9 Å². The minimum atomic E-state index is -0.690. The molecule has 0 fully saturated rings. The first-order valence-corrected chi connectivity index (χ1v) is 6.56. The van der Waals surface area contributed by atoms with Gasteiger partial charge >= 0.3 is 0 Å². The van der Waals surface area contributed by atoms with Gasteiger partial charge < -0.3 is 0 Å². The Balaban J connectivity index is 2.31. The SMILES string of the molecule is Fc1cc(F)c(-n2cc(CCCCl)nn2)cc1Br. The highest BCUT2D eigenvalue weighted by Crippen LogP contribution is 2.22. The van der Waals surface area contributed by atoms with E-state index in [0.717, 1.165) is 18.2 Å². The van der Waals surface area contributed by atoms with Crippen molar-refractivity contribution >= 4 is 27.5 Å². The summed E-state index contributed by atoms with van der Waals surface area (Å²) in [6, 6.07) is 2.13. The second-order valence-electron chi connectivity index (χ2n) is 3.66. The second kappa shape index (κ2) is 5.75. The van der Waals surface area contributed by atoms with Crippen molar-refractivity contribution in [2.75, 3.05) is 5.88 Å². The Bertz CT molecular complexity index is 559. The molecule has 1 heterocycles. The number of halogens is 4. The molecule has 0 atom stereocenters. The van der Waals surface area contributed by atoms with Crippen LogP contribution in [0.25, 0.3) is 5.69 Å². The summed E-state index contributed by atoms with van der Waals surface area (Å²) in [6.45, 7) is 0. The molecule has 0 N–H and O–H groups in total. The van der Waals surface area contributed by atoms with E-state index in [1.54, 1.807) is 6.20 Å². The first-order chi connectivity index (χ1) is 8.61. The van der Waals surface area contributed by atoms with Gasteiger partial charge in [-0.25, -0.2) is 13.5 Å². The molecule has 18 heavy (non-hydrogen) atoms. The number of aryl methyl sites for hydroxylation is 1. The molecule has 96 valence electrons. The van der Waals surface area contributed by atoms with Crippen LogP contribution >= 0.6 is 27.5 Å². The van der Waals surface area contributed by atoms with E-state index in [9.17, 15) is 8.78 Å². The highest BCUT2D eigenvalue weighted by molar-refractivity contribution is 9.10. The zero-order chi connectivity index (χ0) is 13.1. The molecule has 0 bridgehead atoms. The summed E-state index contributed by atoms with van der Waals surface area (Å²) in [5.41, 5.74) is 0.864. The lowest BCUT2D eigenvalue weighted by atomic mass is 10.2. The summed E-state index contributed by atoms with van der Waals surface area (Å²) >= 11 is 8.58. The summed E-state index contributed by atoms with van der Waals surface area (Å²) in [7, 11) is 0. The molecule has 0 aliphatic rings. The number of benzene rings is 1. The van der Waals surface area contributed by atoms with Crippen LogP contribution in [-0.4, -0.2) is 20.9 Å². The van der Waals surface area contributed by atoms with Gasteiger partial charge in [-0.05, 0) is 34.8 Å². The van der Waals surface area contributed by atoms with Crippen molar-refractivity contribution in [3.8, 4) is 5.69 Å². The molecule has 0 amide bonds. The van der Waals surface area contributed by atoms with E-state index in [4.69, 9.17) is 11.6 Å². The summed E-state index contributed by atoms with van der Waals surface area (Å²) < 4.78 is 28.2. The van der Waals surface area contributed by atoms with E-state index in [2.05, 4.69) is 26.2 Å². The van der Waals surface area contributed by atoms with Crippen molar-refractivity contribution in [2.45, 2.75) is 12.8 Å². The van der Waals surface area contributed by atoms with Gasteiger partial charge in [0.1, 0.15) is 11.5 Å². The molecule has 0 aliphatic heterocycles. The quantitative estimate of drug-likeness (QED) is 0.632. The first kappa shape index (κ1) is 13.4. The predicted octanol–water partition coefficient (Wildman–Crippen LogP) is 3.48. The van der Waals surface area contributed by atoms with Crippen molar-refractivity contribution in [2.24, 2.45) is 0 Å². The van der Waals surface area contributed by atoms with E-state index in [-0.39, 0.29) is 10.2 Å². The van der Waals surface area contributed by atoms with E-state index >= 15 is 0 Å². The molecule has 0 radical (unpaired) electrons. The average molecular weight is 337 g/mol. The highest BCUT2D eigenvalue weighted by Gasteiger charge is 2.11. The molecule has 7 heteroatoms. The summed E-state index contributed by atoms with van der Waals surface area (Å²) in [6.07, 6.45) is 3.05. The average Bonchev–Trinajstić information content (AvgIpc) is 2.79. The maximum atomic E-state index is 13.6. The molecule has 0 unspecified atom stereocenters. The van der Waals surface area contributed by atoms with Gasteiger partial charge in [-0.15, -0.1) is 16.7 Å². The zero-order valence-electron chi connectivity index (χ0n) is 9.21. The number of hydrogen-bond donors (Lipinski definition) is 0. The fourth-order valence-corrected chi connectivity index (χ4v) is 1.93. The third-order valence-corrected chi connectivity index (χ3v) is 3.22.